The second kappa shape index (κ2) is 8.21. The van der Waals surface area contributed by atoms with Gasteiger partial charge in [-0.25, -0.2) is 0 Å². The predicted octanol–water partition coefficient (Wildman–Crippen LogP) is 2.05. The van der Waals surface area contributed by atoms with E-state index in [1.165, 1.54) is 7.11 Å². The molecule has 0 radical (unpaired) electrons. The van der Waals surface area contributed by atoms with Gasteiger partial charge in [-0.1, -0.05) is 32.9 Å². The summed E-state index contributed by atoms with van der Waals surface area (Å²) < 4.78 is 5.18. The Balaban J connectivity index is 3.04. The van der Waals surface area contributed by atoms with Crippen molar-refractivity contribution in [1.29, 1.82) is 0 Å². The van der Waals surface area contributed by atoms with Gasteiger partial charge in [0.25, 0.3) is 0 Å². The van der Waals surface area contributed by atoms with Gasteiger partial charge in [0.1, 0.15) is 11.8 Å². The molecule has 3 N–H and O–H groups in total. The normalized spacial score (nSPS) is 14.7. The summed E-state index contributed by atoms with van der Waals surface area (Å²) in [6.07, 6.45) is -0.314. The lowest BCUT2D eigenvalue weighted by Crippen LogP contribution is -2.54. The minimum absolute atomic E-state index is 0.263. The third-order valence-corrected chi connectivity index (χ3v) is 4.03. The molecule has 26 heavy (non-hydrogen) atoms. The lowest BCUT2D eigenvalue weighted by Gasteiger charge is -2.32. The number of benzene rings is 1. The smallest absolute Gasteiger partial charge is 0.306 e. The number of carboxylic acids is 1. The Labute approximate surface area is 154 Å². The van der Waals surface area contributed by atoms with Crippen LogP contribution in [-0.4, -0.2) is 36.0 Å². The first-order valence-corrected chi connectivity index (χ1v) is 8.38. The van der Waals surface area contributed by atoms with E-state index in [-0.39, 0.29) is 12.3 Å². The van der Waals surface area contributed by atoms with Crippen LogP contribution in [0.25, 0.3) is 0 Å². The Morgan fingerprint density at radius 3 is 2.31 bits per heavy atom. The molecule has 0 saturated carbocycles. The fourth-order valence-electron chi connectivity index (χ4n) is 2.35. The number of hydrogen-bond acceptors (Lipinski definition) is 4. The number of carbonyl (C=O) groups is 3. The lowest BCUT2D eigenvalue weighted by molar-refractivity contribution is -0.140. The monoisotopic (exact) mass is 364 g/mol. The quantitative estimate of drug-likeness (QED) is 0.687. The van der Waals surface area contributed by atoms with Gasteiger partial charge in [-0.2, -0.15) is 0 Å². The van der Waals surface area contributed by atoms with Gasteiger partial charge in [-0.15, -0.1) is 0 Å². The van der Waals surface area contributed by atoms with Crippen LogP contribution in [-0.2, 0) is 19.9 Å². The minimum atomic E-state index is -1.15. The van der Waals surface area contributed by atoms with Crippen molar-refractivity contribution >= 4 is 17.8 Å². The first kappa shape index (κ1) is 21.5. The van der Waals surface area contributed by atoms with E-state index in [4.69, 9.17) is 4.74 Å². The van der Waals surface area contributed by atoms with Crippen molar-refractivity contribution in [2.75, 3.05) is 7.11 Å². The molecule has 2 amide bonds. The second-order valence-electron chi connectivity index (χ2n) is 7.57. The average molecular weight is 364 g/mol. The highest BCUT2D eigenvalue weighted by atomic mass is 16.5. The zero-order valence-electron chi connectivity index (χ0n) is 16.2. The number of amides is 2. The van der Waals surface area contributed by atoms with Crippen LogP contribution in [0.3, 0.4) is 0 Å². The average Bonchev–Trinajstić information content (AvgIpc) is 2.53. The number of carboxylic acid groups (broad SMARTS) is 1. The molecule has 0 aromatic heterocycles. The second-order valence-corrected chi connectivity index (χ2v) is 7.57. The topological polar surface area (TPSA) is 105 Å². The third-order valence-electron chi connectivity index (χ3n) is 4.03. The molecule has 144 valence electrons. The summed E-state index contributed by atoms with van der Waals surface area (Å²) >= 11 is 0. The van der Waals surface area contributed by atoms with Crippen LogP contribution in [0.4, 0.5) is 0 Å². The van der Waals surface area contributed by atoms with E-state index in [2.05, 4.69) is 10.6 Å². The summed E-state index contributed by atoms with van der Waals surface area (Å²) in [5.74, 6) is -1.22. The number of methoxy groups -OCH3 is 1. The van der Waals surface area contributed by atoms with Gasteiger partial charge in [-0.3, -0.25) is 14.4 Å². The fraction of sp³-hybridized carbons (Fsp3) is 0.526. The molecule has 0 saturated heterocycles. The SMILES string of the molecule is COc1cccc(C(C)(CC(=O)O)NC(=O)C(C)NC(=O)C(C)(C)C)c1. The molecule has 0 aliphatic carbocycles. The lowest BCUT2D eigenvalue weighted by atomic mass is 9.88. The summed E-state index contributed by atoms with van der Waals surface area (Å²) in [5, 5.41) is 14.7. The van der Waals surface area contributed by atoms with Gasteiger partial charge < -0.3 is 20.5 Å². The highest BCUT2D eigenvalue weighted by Crippen LogP contribution is 2.28. The first-order chi connectivity index (χ1) is 11.9. The van der Waals surface area contributed by atoms with E-state index in [0.717, 1.165) is 0 Å². The molecule has 0 aliphatic rings. The molecule has 0 bridgehead atoms. The highest BCUT2D eigenvalue weighted by Gasteiger charge is 2.34. The van der Waals surface area contributed by atoms with Crippen molar-refractivity contribution in [3.8, 4) is 5.75 Å². The molecule has 1 aromatic carbocycles. The zero-order chi connectivity index (χ0) is 20.1. The van der Waals surface area contributed by atoms with Gasteiger partial charge in [0, 0.05) is 5.41 Å². The van der Waals surface area contributed by atoms with Crippen molar-refractivity contribution in [1.82, 2.24) is 10.6 Å². The van der Waals surface area contributed by atoms with E-state index in [0.29, 0.717) is 11.3 Å². The molecule has 7 heteroatoms. The van der Waals surface area contributed by atoms with Crippen molar-refractivity contribution in [3.63, 3.8) is 0 Å². The predicted molar refractivity (Wildman–Crippen MR) is 97.8 cm³/mol. The van der Waals surface area contributed by atoms with Gasteiger partial charge in [-0.05, 0) is 31.5 Å². The van der Waals surface area contributed by atoms with Gasteiger partial charge in [0.05, 0.1) is 19.1 Å². The molecular weight excluding hydrogens is 336 g/mol. The fourth-order valence-corrected chi connectivity index (χ4v) is 2.35. The summed E-state index contributed by atoms with van der Waals surface area (Å²) in [7, 11) is 1.51. The molecule has 2 atom stereocenters. The van der Waals surface area contributed by atoms with Crippen LogP contribution in [0.15, 0.2) is 24.3 Å². The van der Waals surface area contributed by atoms with Gasteiger partial charge in [0.2, 0.25) is 11.8 Å². The molecule has 0 heterocycles. The number of carbonyl (C=O) groups excluding carboxylic acids is 2. The van der Waals surface area contributed by atoms with Crippen LogP contribution in [0.2, 0.25) is 0 Å². The molecule has 1 rings (SSSR count). The van der Waals surface area contributed by atoms with Gasteiger partial charge in [0.15, 0.2) is 0 Å². The first-order valence-electron chi connectivity index (χ1n) is 8.38. The zero-order valence-corrected chi connectivity index (χ0v) is 16.2. The van der Waals surface area contributed by atoms with Crippen molar-refractivity contribution < 1.29 is 24.2 Å². The Morgan fingerprint density at radius 2 is 1.81 bits per heavy atom. The van der Waals surface area contributed by atoms with E-state index in [9.17, 15) is 19.5 Å². The van der Waals surface area contributed by atoms with E-state index in [1.807, 2.05) is 0 Å². The maximum atomic E-state index is 12.6. The maximum Gasteiger partial charge on any atom is 0.306 e. The van der Waals surface area contributed by atoms with Crippen LogP contribution < -0.4 is 15.4 Å². The summed E-state index contributed by atoms with van der Waals surface area (Å²) in [6, 6.07) is 6.07. The van der Waals surface area contributed by atoms with Crippen molar-refractivity contribution in [2.45, 2.75) is 52.6 Å². The van der Waals surface area contributed by atoms with Crippen LogP contribution >= 0.6 is 0 Å². The molecule has 0 aliphatic heterocycles. The van der Waals surface area contributed by atoms with Crippen molar-refractivity contribution in [2.24, 2.45) is 5.41 Å². The standard InChI is InChI=1S/C19H28N2O5/c1-12(20-17(25)18(2,3)4)16(24)21-19(5,11-15(22)23)13-8-7-9-14(10-13)26-6/h7-10,12H,11H2,1-6H3,(H,20,25)(H,21,24)(H,22,23). The van der Waals surface area contributed by atoms with E-state index >= 15 is 0 Å². The van der Waals surface area contributed by atoms with E-state index < -0.39 is 28.9 Å². The van der Waals surface area contributed by atoms with Crippen LogP contribution in [0.1, 0.15) is 46.6 Å². The molecule has 0 spiro atoms. The summed E-state index contributed by atoms with van der Waals surface area (Å²) in [5.41, 5.74) is -1.19. The Kier molecular flexibility index (Phi) is 6.78. The number of rotatable bonds is 7. The Morgan fingerprint density at radius 1 is 1.19 bits per heavy atom. The van der Waals surface area contributed by atoms with Gasteiger partial charge >= 0.3 is 5.97 Å². The summed E-state index contributed by atoms with van der Waals surface area (Å²) in [6.45, 7) is 8.44. The maximum absolute atomic E-state index is 12.6. The number of nitrogens with one attached hydrogen (secondary N) is 2. The number of aliphatic carboxylic acids is 1. The third kappa shape index (κ3) is 5.75. The highest BCUT2D eigenvalue weighted by molar-refractivity contribution is 5.90. The van der Waals surface area contributed by atoms with E-state index in [1.54, 1.807) is 58.9 Å². The van der Waals surface area contributed by atoms with Crippen LogP contribution in [0.5, 0.6) is 5.75 Å². The molecule has 2 unspecified atom stereocenters. The van der Waals surface area contributed by atoms with Crippen LogP contribution in [0, 0.1) is 5.41 Å². The Hall–Kier alpha value is -2.57. The number of ether oxygens (including phenoxy) is 1. The summed E-state index contributed by atoms with van der Waals surface area (Å²) in [4.78, 5) is 36.0. The molecular formula is C19H28N2O5. The molecule has 1 aromatic rings. The number of hydrogen-bond donors (Lipinski definition) is 3. The molecule has 7 nitrogen and oxygen atoms in total. The minimum Gasteiger partial charge on any atom is -0.497 e. The Bertz CT molecular complexity index is 681. The molecule has 0 fully saturated rings. The van der Waals surface area contributed by atoms with Crippen molar-refractivity contribution in [3.05, 3.63) is 29.8 Å². The largest absolute Gasteiger partial charge is 0.497 e.